The third-order valence-electron chi connectivity index (χ3n) is 5.90. The van der Waals surface area contributed by atoms with Crippen LogP contribution in [0.1, 0.15) is 46.5 Å². The predicted molar refractivity (Wildman–Crippen MR) is 142 cm³/mol. The molecule has 0 radical (unpaired) electrons. The number of para-hydroxylation sites is 2. The third-order valence-corrected chi connectivity index (χ3v) is 7.01. The highest BCUT2D eigenvalue weighted by Gasteiger charge is 2.23. The van der Waals surface area contributed by atoms with E-state index in [1.807, 2.05) is 63.2 Å². The van der Waals surface area contributed by atoms with Gasteiger partial charge in [-0.25, -0.2) is 8.42 Å². The summed E-state index contributed by atoms with van der Waals surface area (Å²) < 4.78 is 32.7. The Labute approximate surface area is 209 Å². The minimum atomic E-state index is -3.51. The van der Waals surface area contributed by atoms with Crippen LogP contribution in [-0.2, 0) is 29.4 Å². The SMILES string of the molecule is CCc1cccc(CC)c1N(Cc1ccc(C(=O)NCCOc2ccccc2C)cc1)S(C)(=O)=O. The van der Waals surface area contributed by atoms with Crippen molar-refractivity contribution in [2.45, 2.75) is 40.2 Å². The number of benzene rings is 3. The zero-order chi connectivity index (χ0) is 25.4. The van der Waals surface area contributed by atoms with Gasteiger partial charge >= 0.3 is 0 Å². The van der Waals surface area contributed by atoms with Gasteiger partial charge in [-0.3, -0.25) is 9.10 Å². The number of anilines is 1. The molecule has 0 heterocycles. The second-order valence-corrected chi connectivity index (χ2v) is 10.4. The van der Waals surface area contributed by atoms with E-state index >= 15 is 0 Å². The van der Waals surface area contributed by atoms with E-state index in [-0.39, 0.29) is 12.5 Å². The van der Waals surface area contributed by atoms with Gasteiger partial charge in [0.1, 0.15) is 12.4 Å². The molecular formula is C28H34N2O4S. The number of amides is 1. The van der Waals surface area contributed by atoms with Crippen molar-refractivity contribution in [1.29, 1.82) is 0 Å². The predicted octanol–water partition coefficient (Wildman–Crippen LogP) is 4.89. The highest BCUT2D eigenvalue weighted by atomic mass is 32.2. The number of ether oxygens (including phenoxy) is 1. The number of carbonyl (C=O) groups is 1. The summed E-state index contributed by atoms with van der Waals surface area (Å²) in [6.45, 7) is 6.98. The zero-order valence-corrected chi connectivity index (χ0v) is 21.7. The first-order valence-corrected chi connectivity index (χ1v) is 13.7. The Morgan fingerprint density at radius 3 is 2.11 bits per heavy atom. The van der Waals surface area contributed by atoms with Crippen LogP contribution in [0.3, 0.4) is 0 Å². The van der Waals surface area contributed by atoms with Crippen molar-refractivity contribution in [2.24, 2.45) is 0 Å². The number of nitrogens with zero attached hydrogens (tertiary/aromatic N) is 1. The van der Waals surface area contributed by atoms with Crippen molar-refractivity contribution in [3.63, 3.8) is 0 Å². The van der Waals surface area contributed by atoms with Crippen LogP contribution < -0.4 is 14.4 Å². The summed E-state index contributed by atoms with van der Waals surface area (Å²) in [6.07, 6.45) is 2.71. The smallest absolute Gasteiger partial charge is 0.251 e. The molecule has 6 nitrogen and oxygen atoms in total. The Balaban J connectivity index is 1.67. The number of nitrogens with one attached hydrogen (secondary N) is 1. The fraction of sp³-hybridized carbons (Fsp3) is 0.321. The summed E-state index contributed by atoms with van der Waals surface area (Å²) in [7, 11) is -3.51. The minimum Gasteiger partial charge on any atom is -0.491 e. The number of hydrogen-bond donors (Lipinski definition) is 1. The second-order valence-electron chi connectivity index (χ2n) is 8.47. The van der Waals surface area contributed by atoms with Crippen LogP contribution in [0.2, 0.25) is 0 Å². The highest BCUT2D eigenvalue weighted by molar-refractivity contribution is 7.92. The summed E-state index contributed by atoms with van der Waals surface area (Å²) >= 11 is 0. The molecule has 35 heavy (non-hydrogen) atoms. The average molecular weight is 495 g/mol. The van der Waals surface area contributed by atoms with Crippen molar-refractivity contribution in [3.8, 4) is 5.75 Å². The molecule has 186 valence electrons. The van der Waals surface area contributed by atoms with E-state index < -0.39 is 10.0 Å². The van der Waals surface area contributed by atoms with Gasteiger partial charge in [0, 0.05) is 5.56 Å². The first-order valence-electron chi connectivity index (χ1n) is 11.9. The molecule has 3 aromatic rings. The molecule has 0 unspecified atom stereocenters. The molecule has 0 aliphatic rings. The number of hydrogen-bond acceptors (Lipinski definition) is 4. The molecule has 1 amide bonds. The lowest BCUT2D eigenvalue weighted by Crippen LogP contribution is -2.31. The Hall–Kier alpha value is -3.32. The number of aryl methyl sites for hydroxylation is 3. The maximum atomic E-state index is 12.8. The minimum absolute atomic E-state index is 0.200. The van der Waals surface area contributed by atoms with E-state index in [1.165, 1.54) is 10.6 Å². The fourth-order valence-corrected chi connectivity index (χ4v) is 4.92. The lowest BCUT2D eigenvalue weighted by atomic mass is 10.0. The zero-order valence-electron chi connectivity index (χ0n) is 20.9. The van der Waals surface area contributed by atoms with Crippen LogP contribution in [0.15, 0.2) is 66.7 Å². The van der Waals surface area contributed by atoms with E-state index in [2.05, 4.69) is 5.32 Å². The number of rotatable bonds is 11. The van der Waals surface area contributed by atoms with Crippen LogP contribution in [0.5, 0.6) is 5.75 Å². The van der Waals surface area contributed by atoms with Gasteiger partial charge in [-0.1, -0.05) is 62.4 Å². The Kier molecular flexibility index (Phi) is 8.93. The molecule has 0 bridgehead atoms. The molecule has 0 saturated heterocycles. The standard InChI is InChI=1S/C28H34N2O4S/c1-5-23-11-9-12-24(6-2)27(23)30(35(4,32)33)20-22-14-16-25(17-15-22)28(31)29-18-19-34-26-13-8-7-10-21(26)3/h7-17H,5-6,18-20H2,1-4H3,(H,29,31). The maximum absolute atomic E-state index is 12.8. The van der Waals surface area contributed by atoms with Gasteiger partial charge < -0.3 is 10.1 Å². The molecule has 3 aromatic carbocycles. The van der Waals surface area contributed by atoms with Crippen LogP contribution in [0, 0.1) is 6.92 Å². The van der Waals surface area contributed by atoms with Gasteiger partial charge in [0.2, 0.25) is 10.0 Å². The summed E-state index contributed by atoms with van der Waals surface area (Å²) in [5, 5.41) is 2.86. The van der Waals surface area contributed by atoms with E-state index in [4.69, 9.17) is 4.74 Å². The molecule has 0 fully saturated rings. The lowest BCUT2D eigenvalue weighted by molar-refractivity contribution is 0.0947. The van der Waals surface area contributed by atoms with Crippen molar-refractivity contribution in [3.05, 3.63) is 94.5 Å². The van der Waals surface area contributed by atoms with E-state index in [0.717, 1.165) is 46.5 Å². The fourth-order valence-electron chi connectivity index (χ4n) is 3.97. The first kappa shape index (κ1) is 26.3. The maximum Gasteiger partial charge on any atom is 0.251 e. The summed E-state index contributed by atoms with van der Waals surface area (Å²) in [5.74, 6) is 0.604. The highest BCUT2D eigenvalue weighted by Crippen LogP contribution is 2.30. The van der Waals surface area contributed by atoms with Crippen molar-refractivity contribution in [2.75, 3.05) is 23.7 Å². The monoisotopic (exact) mass is 494 g/mol. The van der Waals surface area contributed by atoms with Gasteiger partial charge in [0.25, 0.3) is 5.91 Å². The van der Waals surface area contributed by atoms with Gasteiger partial charge in [-0.2, -0.15) is 0 Å². The van der Waals surface area contributed by atoms with Gasteiger partial charge in [0.05, 0.1) is 25.0 Å². The normalized spacial score (nSPS) is 11.2. The van der Waals surface area contributed by atoms with Crippen LogP contribution in [0.4, 0.5) is 5.69 Å². The Bertz CT molecular complexity index is 1230. The molecule has 0 aliphatic carbocycles. The second kappa shape index (κ2) is 11.9. The van der Waals surface area contributed by atoms with Crippen LogP contribution >= 0.6 is 0 Å². The molecule has 0 saturated carbocycles. The van der Waals surface area contributed by atoms with Gasteiger partial charge in [0.15, 0.2) is 0 Å². The average Bonchev–Trinajstić information content (AvgIpc) is 2.85. The molecule has 0 atom stereocenters. The Morgan fingerprint density at radius 1 is 0.914 bits per heavy atom. The molecule has 7 heteroatoms. The summed E-state index contributed by atoms with van der Waals surface area (Å²) in [6, 6.07) is 20.7. The van der Waals surface area contributed by atoms with Crippen molar-refractivity contribution >= 4 is 21.6 Å². The van der Waals surface area contributed by atoms with Crippen LogP contribution in [0.25, 0.3) is 0 Å². The Morgan fingerprint density at radius 2 is 1.54 bits per heavy atom. The van der Waals surface area contributed by atoms with Gasteiger partial charge in [-0.15, -0.1) is 0 Å². The number of sulfonamides is 1. The molecule has 0 aromatic heterocycles. The molecule has 0 spiro atoms. The number of carbonyl (C=O) groups excluding carboxylic acids is 1. The largest absolute Gasteiger partial charge is 0.491 e. The summed E-state index contributed by atoms with van der Waals surface area (Å²) in [4.78, 5) is 12.5. The quantitative estimate of drug-likeness (QED) is 0.385. The van der Waals surface area contributed by atoms with E-state index in [0.29, 0.717) is 18.7 Å². The van der Waals surface area contributed by atoms with Crippen molar-refractivity contribution in [1.82, 2.24) is 5.32 Å². The topological polar surface area (TPSA) is 75.7 Å². The van der Waals surface area contributed by atoms with Crippen molar-refractivity contribution < 1.29 is 17.9 Å². The molecule has 0 aliphatic heterocycles. The van der Waals surface area contributed by atoms with E-state index in [1.54, 1.807) is 24.3 Å². The molecule has 1 N–H and O–H groups in total. The van der Waals surface area contributed by atoms with Crippen LogP contribution in [-0.4, -0.2) is 33.7 Å². The third kappa shape index (κ3) is 6.85. The molecular weight excluding hydrogens is 460 g/mol. The summed E-state index contributed by atoms with van der Waals surface area (Å²) in [5.41, 5.74) is 5.12. The van der Waals surface area contributed by atoms with Gasteiger partial charge in [-0.05, 0) is 60.2 Å². The lowest BCUT2D eigenvalue weighted by Gasteiger charge is -2.27. The molecule has 3 rings (SSSR count). The van der Waals surface area contributed by atoms with E-state index in [9.17, 15) is 13.2 Å². The first-order chi connectivity index (χ1) is 16.7.